The number of primary amides is 1. The number of nitrogens with two attached hydrogens (primary N) is 1. The van der Waals surface area contributed by atoms with Gasteiger partial charge in [-0.15, -0.1) is 0 Å². The zero-order valence-electron chi connectivity index (χ0n) is 13.9. The highest BCUT2D eigenvalue weighted by Crippen LogP contribution is 2.08. The lowest BCUT2D eigenvalue weighted by molar-refractivity contribution is 0.0657. The van der Waals surface area contributed by atoms with Gasteiger partial charge in [-0.25, -0.2) is 0 Å². The number of rotatable bonds is 7. The summed E-state index contributed by atoms with van der Waals surface area (Å²) in [7, 11) is 0. The van der Waals surface area contributed by atoms with Crippen LogP contribution in [-0.4, -0.2) is 17.9 Å². The van der Waals surface area contributed by atoms with Crippen LogP contribution in [0.5, 0.6) is 0 Å². The van der Waals surface area contributed by atoms with E-state index in [9.17, 15) is 9.59 Å². The summed E-state index contributed by atoms with van der Waals surface area (Å²) in [5, 5.41) is 2.83. The number of carbonyl (C=O) groups is 2. The largest absolute Gasteiger partial charge is 0.374 e. The maximum absolute atomic E-state index is 12.2. The Kier molecular flexibility index (Phi) is 6.09. The first-order valence-corrected chi connectivity index (χ1v) is 7.83. The van der Waals surface area contributed by atoms with Gasteiger partial charge < -0.3 is 15.8 Å². The average Bonchev–Trinajstić information content (AvgIpc) is 2.58. The molecule has 0 unspecified atom stereocenters. The second-order valence-electron chi connectivity index (χ2n) is 5.80. The molecule has 0 aliphatic heterocycles. The fraction of sp³-hybridized carbons (Fsp3) is 0.263. The van der Waals surface area contributed by atoms with Gasteiger partial charge in [0.25, 0.3) is 5.91 Å². The predicted octanol–water partition coefficient (Wildman–Crippen LogP) is 2.64. The Hall–Kier alpha value is -2.66. The molecule has 0 fully saturated rings. The van der Waals surface area contributed by atoms with E-state index in [0.717, 1.165) is 11.1 Å². The van der Waals surface area contributed by atoms with Gasteiger partial charge in [-0.1, -0.05) is 30.3 Å². The lowest BCUT2D eigenvalue weighted by Crippen LogP contribution is -2.23. The zero-order chi connectivity index (χ0) is 17.5. The molecule has 3 N–H and O–H groups in total. The minimum absolute atomic E-state index is 0.195. The topological polar surface area (TPSA) is 81.4 Å². The summed E-state index contributed by atoms with van der Waals surface area (Å²) in [6, 6.07) is 14.2. The van der Waals surface area contributed by atoms with Gasteiger partial charge in [0.2, 0.25) is 5.91 Å². The molecule has 2 amide bonds. The molecule has 5 heteroatoms. The summed E-state index contributed by atoms with van der Waals surface area (Å²) < 4.78 is 5.55. The fourth-order valence-electron chi connectivity index (χ4n) is 2.11. The van der Waals surface area contributed by atoms with Gasteiger partial charge >= 0.3 is 0 Å². The van der Waals surface area contributed by atoms with Gasteiger partial charge in [0.05, 0.1) is 12.7 Å². The second kappa shape index (κ2) is 8.26. The van der Waals surface area contributed by atoms with E-state index < -0.39 is 5.91 Å². The molecular formula is C19H22N2O3. The van der Waals surface area contributed by atoms with Crippen molar-refractivity contribution in [3.8, 4) is 0 Å². The zero-order valence-corrected chi connectivity index (χ0v) is 13.9. The van der Waals surface area contributed by atoms with Gasteiger partial charge in [-0.3, -0.25) is 9.59 Å². The molecule has 2 aromatic carbocycles. The van der Waals surface area contributed by atoms with Gasteiger partial charge in [0.1, 0.15) is 0 Å². The van der Waals surface area contributed by atoms with Crippen molar-refractivity contribution >= 4 is 11.8 Å². The Morgan fingerprint density at radius 1 is 1.04 bits per heavy atom. The van der Waals surface area contributed by atoms with E-state index in [1.807, 2.05) is 38.1 Å². The maximum atomic E-state index is 12.2. The first-order valence-electron chi connectivity index (χ1n) is 7.83. The van der Waals surface area contributed by atoms with Crippen molar-refractivity contribution in [2.24, 2.45) is 5.73 Å². The van der Waals surface area contributed by atoms with E-state index in [0.29, 0.717) is 24.3 Å². The van der Waals surface area contributed by atoms with E-state index >= 15 is 0 Å². The number of hydrogen-bond donors (Lipinski definition) is 2. The van der Waals surface area contributed by atoms with Crippen LogP contribution >= 0.6 is 0 Å². The SMILES string of the molecule is CC(C)OCc1ccc(CNC(=O)c2cccc(C(N)=O)c2)cc1. The summed E-state index contributed by atoms with van der Waals surface area (Å²) in [4.78, 5) is 23.3. The molecule has 0 atom stereocenters. The first kappa shape index (κ1) is 17.7. The van der Waals surface area contributed by atoms with Crippen LogP contribution in [-0.2, 0) is 17.9 Å². The third-order valence-electron chi connectivity index (χ3n) is 3.47. The summed E-state index contributed by atoms with van der Waals surface area (Å²) in [6.45, 7) is 4.98. The maximum Gasteiger partial charge on any atom is 0.251 e. The molecule has 0 aromatic heterocycles. The molecule has 0 spiro atoms. The van der Waals surface area contributed by atoms with Gasteiger partial charge in [0, 0.05) is 17.7 Å². The number of ether oxygens (including phenoxy) is 1. The molecular weight excluding hydrogens is 304 g/mol. The predicted molar refractivity (Wildman–Crippen MR) is 92.5 cm³/mol. The Balaban J connectivity index is 1.92. The van der Waals surface area contributed by atoms with Crippen LogP contribution in [0.1, 0.15) is 45.7 Å². The Bertz CT molecular complexity index is 709. The summed E-state index contributed by atoms with van der Waals surface area (Å²) >= 11 is 0. The monoisotopic (exact) mass is 326 g/mol. The number of carbonyl (C=O) groups excluding carboxylic acids is 2. The minimum atomic E-state index is -0.552. The van der Waals surface area contributed by atoms with E-state index in [2.05, 4.69) is 5.32 Å². The van der Waals surface area contributed by atoms with Gasteiger partial charge in [-0.2, -0.15) is 0 Å². The van der Waals surface area contributed by atoms with Crippen LogP contribution in [0.25, 0.3) is 0 Å². The molecule has 5 nitrogen and oxygen atoms in total. The Labute approximate surface area is 141 Å². The highest BCUT2D eigenvalue weighted by Gasteiger charge is 2.08. The van der Waals surface area contributed by atoms with Crippen molar-refractivity contribution in [1.82, 2.24) is 5.32 Å². The van der Waals surface area contributed by atoms with Crippen LogP contribution in [0.15, 0.2) is 48.5 Å². The van der Waals surface area contributed by atoms with Crippen LogP contribution in [0.3, 0.4) is 0 Å². The lowest BCUT2D eigenvalue weighted by atomic mass is 10.1. The van der Waals surface area contributed by atoms with Crippen molar-refractivity contribution in [3.05, 3.63) is 70.8 Å². The van der Waals surface area contributed by atoms with Crippen molar-refractivity contribution in [2.45, 2.75) is 33.1 Å². The molecule has 126 valence electrons. The smallest absolute Gasteiger partial charge is 0.251 e. The highest BCUT2D eigenvalue weighted by molar-refractivity contribution is 5.99. The summed E-state index contributed by atoms with van der Waals surface area (Å²) in [5.41, 5.74) is 8.03. The van der Waals surface area contributed by atoms with Crippen molar-refractivity contribution in [1.29, 1.82) is 0 Å². The third kappa shape index (κ3) is 5.21. The van der Waals surface area contributed by atoms with Crippen LogP contribution in [0, 0.1) is 0 Å². The number of hydrogen-bond acceptors (Lipinski definition) is 3. The van der Waals surface area contributed by atoms with E-state index in [1.165, 1.54) is 6.07 Å². The first-order chi connectivity index (χ1) is 11.5. The molecule has 0 saturated carbocycles. The molecule has 0 radical (unpaired) electrons. The molecule has 24 heavy (non-hydrogen) atoms. The summed E-state index contributed by atoms with van der Waals surface area (Å²) in [6.07, 6.45) is 0.195. The number of benzene rings is 2. The normalized spacial score (nSPS) is 10.6. The van der Waals surface area contributed by atoms with Crippen LogP contribution in [0.4, 0.5) is 0 Å². The van der Waals surface area contributed by atoms with E-state index in [4.69, 9.17) is 10.5 Å². The van der Waals surface area contributed by atoms with E-state index in [-0.39, 0.29) is 12.0 Å². The van der Waals surface area contributed by atoms with E-state index in [1.54, 1.807) is 18.2 Å². The molecule has 0 bridgehead atoms. The van der Waals surface area contributed by atoms with Crippen LogP contribution < -0.4 is 11.1 Å². The highest BCUT2D eigenvalue weighted by atomic mass is 16.5. The van der Waals surface area contributed by atoms with Gasteiger partial charge in [0.15, 0.2) is 0 Å². The van der Waals surface area contributed by atoms with Crippen LogP contribution in [0.2, 0.25) is 0 Å². The molecule has 0 heterocycles. The summed E-state index contributed by atoms with van der Waals surface area (Å²) in [5.74, 6) is -0.797. The average molecular weight is 326 g/mol. The Morgan fingerprint density at radius 2 is 1.67 bits per heavy atom. The molecule has 2 aromatic rings. The van der Waals surface area contributed by atoms with Gasteiger partial charge in [-0.05, 0) is 43.2 Å². The van der Waals surface area contributed by atoms with Crippen molar-refractivity contribution in [3.63, 3.8) is 0 Å². The lowest BCUT2D eigenvalue weighted by Gasteiger charge is -2.09. The standard InChI is InChI=1S/C19H22N2O3/c1-13(2)24-12-15-8-6-14(7-9-15)11-21-19(23)17-5-3-4-16(10-17)18(20)22/h3-10,13H,11-12H2,1-2H3,(H2,20,22)(H,21,23). The van der Waals surface area contributed by atoms with Crippen molar-refractivity contribution < 1.29 is 14.3 Å². The molecule has 0 aliphatic carbocycles. The number of amides is 2. The second-order valence-corrected chi connectivity index (χ2v) is 5.80. The quantitative estimate of drug-likeness (QED) is 0.820. The third-order valence-corrected chi connectivity index (χ3v) is 3.47. The molecule has 0 aliphatic rings. The molecule has 2 rings (SSSR count). The minimum Gasteiger partial charge on any atom is -0.374 e. The van der Waals surface area contributed by atoms with Crippen molar-refractivity contribution in [2.75, 3.05) is 0 Å². The Morgan fingerprint density at radius 3 is 2.29 bits per heavy atom. The number of nitrogens with one attached hydrogen (secondary N) is 1. The molecule has 0 saturated heterocycles. The fourth-order valence-corrected chi connectivity index (χ4v) is 2.11.